The summed E-state index contributed by atoms with van der Waals surface area (Å²) in [4.78, 5) is 27.5. The van der Waals surface area contributed by atoms with Crippen LogP contribution in [0.1, 0.15) is 17.4 Å². The molecule has 0 fully saturated rings. The van der Waals surface area contributed by atoms with Crippen molar-refractivity contribution < 1.29 is 14.7 Å². The van der Waals surface area contributed by atoms with Gasteiger partial charge in [0.15, 0.2) is 5.69 Å². The van der Waals surface area contributed by atoms with Crippen LogP contribution in [0.5, 0.6) is 0 Å². The summed E-state index contributed by atoms with van der Waals surface area (Å²) in [7, 11) is 3.29. The van der Waals surface area contributed by atoms with Crippen LogP contribution in [0.4, 0.5) is 5.00 Å². The van der Waals surface area contributed by atoms with Crippen LogP contribution in [-0.4, -0.2) is 47.0 Å². The average molecular weight is 243 g/mol. The van der Waals surface area contributed by atoms with Gasteiger partial charge in [0.05, 0.1) is 5.51 Å². The van der Waals surface area contributed by atoms with E-state index in [2.05, 4.69) is 10.3 Å². The molecule has 0 aliphatic rings. The van der Waals surface area contributed by atoms with E-state index in [9.17, 15) is 9.59 Å². The summed E-state index contributed by atoms with van der Waals surface area (Å²) in [6, 6.07) is -0.478. The molecule has 0 radical (unpaired) electrons. The monoisotopic (exact) mass is 243 g/mol. The van der Waals surface area contributed by atoms with Crippen molar-refractivity contribution in [2.45, 2.75) is 13.0 Å². The molecule has 0 spiro atoms. The highest BCUT2D eigenvalue weighted by Crippen LogP contribution is 2.21. The Labute approximate surface area is 96.9 Å². The van der Waals surface area contributed by atoms with Crippen molar-refractivity contribution in [3.05, 3.63) is 11.2 Å². The number of nitrogens with one attached hydrogen (secondary N) is 1. The summed E-state index contributed by atoms with van der Waals surface area (Å²) < 4.78 is 0. The molecule has 1 aromatic rings. The quantitative estimate of drug-likeness (QED) is 0.814. The van der Waals surface area contributed by atoms with E-state index in [4.69, 9.17) is 5.11 Å². The van der Waals surface area contributed by atoms with E-state index in [1.165, 1.54) is 10.4 Å². The molecule has 0 bridgehead atoms. The van der Waals surface area contributed by atoms with Gasteiger partial charge in [-0.1, -0.05) is 0 Å². The highest BCUT2D eigenvalue weighted by Gasteiger charge is 2.19. The summed E-state index contributed by atoms with van der Waals surface area (Å²) in [5, 5.41) is 12.1. The molecule has 88 valence electrons. The number of aromatic carboxylic acids is 1. The normalized spacial score (nSPS) is 11.9. The molecular formula is C9H13N3O3S. The number of likely N-dealkylation sites (N-methyl/N-ethyl adjacent to an activating group) is 1. The highest BCUT2D eigenvalue weighted by atomic mass is 32.1. The van der Waals surface area contributed by atoms with E-state index in [0.29, 0.717) is 5.00 Å². The number of amides is 1. The molecule has 2 N–H and O–H groups in total. The van der Waals surface area contributed by atoms with Gasteiger partial charge in [0, 0.05) is 14.1 Å². The summed E-state index contributed by atoms with van der Waals surface area (Å²) in [5.41, 5.74) is 1.38. The Hall–Kier alpha value is -1.63. The molecule has 1 heterocycles. The Balaban J connectivity index is 2.77. The molecule has 1 amide bonds. The number of anilines is 1. The number of carbonyl (C=O) groups excluding carboxylic acids is 1. The minimum Gasteiger partial charge on any atom is -0.476 e. The number of nitrogens with zero attached hydrogens (tertiary/aromatic N) is 2. The third-order valence-electron chi connectivity index (χ3n) is 1.93. The zero-order chi connectivity index (χ0) is 12.3. The van der Waals surface area contributed by atoms with E-state index in [1.807, 2.05) is 0 Å². The molecular weight excluding hydrogens is 230 g/mol. The lowest BCUT2D eigenvalue weighted by atomic mass is 10.3. The lowest BCUT2D eigenvalue weighted by Gasteiger charge is -2.18. The molecule has 0 saturated heterocycles. The number of carbonyl (C=O) groups is 2. The van der Waals surface area contributed by atoms with Gasteiger partial charge in [-0.05, 0) is 6.92 Å². The first kappa shape index (κ1) is 12.4. The van der Waals surface area contributed by atoms with Crippen molar-refractivity contribution in [3.8, 4) is 0 Å². The third-order valence-corrected chi connectivity index (χ3v) is 2.69. The second-order valence-electron chi connectivity index (χ2n) is 3.43. The minimum atomic E-state index is -1.10. The third kappa shape index (κ3) is 2.69. The fourth-order valence-corrected chi connectivity index (χ4v) is 1.91. The Morgan fingerprint density at radius 1 is 1.56 bits per heavy atom. The lowest BCUT2D eigenvalue weighted by Crippen LogP contribution is -2.36. The van der Waals surface area contributed by atoms with Gasteiger partial charge in [0.25, 0.3) is 0 Å². The molecule has 0 aliphatic carbocycles. The zero-order valence-electron chi connectivity index (χ0n) is 9.22. The van der Waals surface area contributed by atoms with Gasteiger partial charge >= 0.3 is 5.97 Å². The summed E-state index contributed by atoms with van der Waals surface area (Å²) in [6.07, 6.45) is 0. The molecule has 1 rings (SSSR count). The number of carboxylic acids is 1. The summed E-state index contributed by atoms with van der Waals surface area (Å²) in [6.45, 7) is 1.67. The van der Waals surface area contributed by atoms with E-state index >= 15 is 0 Å². The van der Waals surface area contributed by atoms with Crippen molar-refractivity contribution in [3.63, 3.8) is 0 Å². The van der Waals surface area contributed by atoms with Gasteiger partial charge in [-0.15, -0.1) is 11.3 Å². The highest BCUT2D eigenvalue weighted by molar-refractivity contribution is 7.14. The van der Waals surface area contributed by atoms with Crippen LogP contribution >= 0.6 is 11.3 Å². The average Bonchev–Trinajstić information content (AvgIpc) is 2.64. The molecule has 7 heteroatoms. The molecule has 0 saturated carbocycles. The predicted molar refractivity (Wildman–Crippen MR) is 60.9 cm³/mol. The number of aromatic nitrogens is 1. The van der Waals surface area contributed by atoms with Crippen LogP contribution in [-0.2, 0) is 4.79 Å². The first-order valence-corrected chi connectivity index (χ1v) is 5.46. The van der Waals surface area contributed by atoms with Gasteiger partial charge in [0.1, 0.15) is 11.0 Å². The first-order chi connectivity index (χ1) is 7.43. The lowest BCUT2D eigenvalue weighted by molar-refractivity contribution is -0.129. The maximum atomic E-state index is 11.6. The number of hydrogen-bond acceptors (Lipinski definition) is 5. The first-order valence-electron chi connectivity index (χ1n) is 4.58. The molecule has 16 heavy (non-hydrogen) atoms. The minimum absolute atomic E-state index is 0.0524. The van der Waals surface area contributed by atoms with Crippen LogP contribution in [0, 0.1) is 0 Å². The number of rotatable bonds is 4. The number of thiazole rings is 1. The van der Waals surface area contributed by atoms with Crippen LogP contribution in [0.3, 0.4) is 0 Å². The Kier molecular flexibility index (Phi) is 3.83. The second-order valence-corrected chi connectivity index (χ2v) is 4.29. The van der Waals surface area contributed by atoms with Gasteiger partial charge in [-0.25, -0.2) is 9.78 Å². The van der Waals surface area contributed by atoms with Crippen LogP contribution in [0.15, 0.2) is 5.51 Å². The van der Waals surface area contributed by atoms with Gasteiger partial charge < -0.3 is 15.3 Å². The summed E-state index contributed by atoms with van der Waals surface area (Å²) >= 11 is 1.16. The van der Waals surface area contributed by atoms with E-state index < -0.39 is 12.0 Å². The molecule has 1 unspecified atom stereocenters. The standard InChI is InChI=1S/C9H13N3O3S/c1-5(8(13)12(2)3)11-7-6(9(14)15)10-4-16-7/h4-5,11H,1-3H3,(H,14,15). The van der Waals surface area contributed by atoms with Gasteiger partial charge in [0.2, 0.25) is 5.91 Å². The fourth-order valence-electron chi connectivity index (χ4n) is 1.15. The Morgan fingerprint density at radius 2 is 2.19 bits per heavy atom. The molecule has 1 aromatic heterocycles. The number of carboxylic acid groups (broad SMARTS) is 1. The van der Waals surface area contributed by atoms with Gasteiger partial charge in [-0.3, -0.25) is 4.79 Å². The van der Waals surface area contributed by atoms with Gasteiger partial charge in [-0.2, -0.15) is 0 Å². The fraction of sp³-hybridized carbons (Fsp3) is 0.444. The molecule has 0 aromatic carbocycles. The zero-order valence-corrected chi connectivity index (χ0v) is 10.0. The van der Waals surface area contributed by atoms with E-state index in [1.54, 1.807) is 21.0 Å². The Bertz CT molecular complexity index is 402. The number of hydrogen-bond donors (Lipinski definition) is 2. The van der Waals surface area contributed by atoms with Crippen LogP contribution < -0.4 is 5.32 Å². The largest absolute Gasteiger partial charge is 0.476 e. The van der Waals surface area contributed by atoms with Crippen molar-refractivity contribution >= 4 is 28.2 Å². The van der Waals surface area contributed by atoms with E-state index in [0.717, 1.165) is 11.3 Å². The SMILES string of the molecule is CC(Nc1scnc1C(=O)O)C(=O)N(C)C. The molecule has 1 atom stereocenters. The second kappa shape index (κ2) is 4.93. The molecule has 6 nitrogen and oxygen atoms in total. The van der Waals surface area contributed by atoms with Crippen LogP contribution in [0.25, 0.3) is 0 Å². The Morgan fingerprint density at radius 3 is 2.69 bits per heavy atom. The smallest absolute Gasteiger partial charge is 0.357 e. The predicted octanol–water partition coefficient (Wildman–Crippen LogP) is 0.730. The van der Waals surface area contributed by atoms with Crippen LogP contribution in [0.2, 0.25) is 0 Å². The topological polar surface area (TPSA) is 82.5 Å². The van der Waals surface area contributed by atoms with Crippen molar-refractivity contribution in [2.24, 2.45) is 0 Å². The summed E-state index contributed by atoms with van der Waals surface area (Å²) in [5.74, 6) is -1.22. The van der Waals surface area contributed by atoms with Crippen molar-refractivity contribution in [1.82, 2.24) is 9.88 Å². The van der Waals surface area contributed by atoms with Crippen molar-refractivity contribution in [1.29, 1.82) is 0 Å². The maximum Gasteiger partial charge on any atom is 0.357 e. The van der Waals surface area contributed by atoms with E-state index in [-0.39, 0.29) is 11.6 Å². The van der Waals surface area contributed by atoms with Crippen molar-refractivity contribution in [2.75, 3.05) is 19.4 Å². The molecule has 0 aliphatic heterocycles. The maximum absolute atomic E-state index is 11.6.